The molecular weight excluding hydrogens is 284 g/mol. The first kappa shape index (κ1) is 16.2. The molecule has 1 aliphatic rings. The van der Waals surface area contributed by atoms with Crippen LogP contribution in [0.25, 0.3) is 0 Å². The van der Waals surface area contributed by atoms with Crippen molar-refractivity contribution in [2.45, 2.75) is 12.8 Å². The van der Waals surface area contributed by atoms with Crippen molar-refractivity contribution in [2.24, 2.45) is 5.41 Å². The van der Waals surface area contributed by atoms with Crippen molar-refractivity contribution in [3.05, 3.63) is 33.9 Å². The molecule has 1 heterocycles. The summed E-state index contributed by atoms with van der Waals surface area (Å²) in [5.41, 5.74) is 0.863. The second-order valence-corrected chi connectivity index (χ2v) is 5.64. The molecule has 0 radical (unpaired) electrons. The highest BCUT2D eigenvalue weighted by Gasteiger charge is 2.32. The number of methoxy groups -OCH3 is 1. The standard InChI is InChI=1S/C15H20N4O3/c1-22-11-15(4-6-17-7-5-15)10-18-14-3-2-13(19(20)21)8-12(14)9-16/h2-3,8,17-18H,4-7,10-11H2,1H3. The van der Waals surface area contributed by atoms with Crippen LogP contribution in [0.2, 0.25) is 0 Å². The monoisotopic (exact) mass is 304 g/mol. The Labute approximate surface area is 129 Å². The van der Waals surface area contributed by atoms with Gasteiger partial charge in [0.25, 0.3) is 5.69 Å². The average molecular weight is 304 g/mol. The smallest absolute Gasteiger partial charge is 0.270 e. The molecule has 0 aromatic heterocycles. The minimum absolute atomic E-state index is 0.0223. The third-order valence-corrected chi connectivity index (χ3v) is 4.10. The molecule has 1 fully saturated rings. The second kappa shape index (κ2) is 7.20. The van der Waals surface area contributed by atoms with Crippen molar-refractivity contribution >= 4 is 11.4 Å². The number of benzene rings is 1. The summed E-state index contributed by atoms with van der Waals surface area (Å²) >= 11 is 0. The van der Waals surface area contributed by atoms with Crippen molar-refractivity contribution in [1.82, 2.24) is 5.32 Å². The first-order valence-corrected chi connectivity index (χ1v) is 7.22. The van der Waals surface area contributed by atoms with Crippen molar-refractivity contribution in [3.8, 4) is 6.07 Å². The summed E-state index contributed by atoms with van der Waals surface area (Å²) in [6.07, 6.45) is 1.98. The highest BCUT2D eigenvalue weighted by atomic mass is 16.6. The van der Waals surface area contributed by atoms with Crippen molar-refractivity contribution in [3.63, 3.8) is 0 Å². The molecule has 0 spiro atoms. The number of hydrogen-bond donors (Lipinski definition) is 2. The Kier molecular flexibility index (Phi) is 5.31. The molecule has 0 saturated carbocycles. The van der Waals surface area contributed by atoms with E-state index in [1.807, 2.05) is 6.07 Å². The van der Waals surface area contributed by atoms with Crippen molar-refractivity contribution < 1.29 is 9.66 Å². The number of nitrogens with zero attached hydrogens (tertiary/aromatic N) is 2. The number of ether oxygens (including phenoxy) is 1. The number of piperidine rings is 1. The van der Waals surface area contributed by atoms with Crippen molar-refractivity contribution in [2.75, 3.05) is 38.7 Å². The van der Waals surface area contributed by atoms with E-state index in [1.54, 1.807) is 13.2 Å². The zero-order valence-electron chi connectivity index (χ0n) is 12.6. The van der Waals surface area contributed by atoms with Crippen LogP contribution >= 0.6 is 0 Å². The maximum Gasteiger partial charge on any atom is 0.270 e. The molecule has 1 aromatic carbocycles. The molecule has 7 heteroatoms. The normalized spacial score (nSPS) is 16.7. The van der Waals surface area contributed by atoms with Crippen LogP contribution in [0.3, 0.4) is 0 Å². The van der Waals surface area contributed by atoms with Gasteiger partial charge in [-0.3, -0.25) is 10.1 Å². The molecule has 0 aliphatic carbocycles. The van der Waals surface area contributed by atoms with Crippen LogP contribution in [0, 0.1) is 26.9 Å². The van der Waals surface area contributed by atoms with Gasteiger partial charge in [0.15, 0.2) is 0 Å². The molecule has 1 aromatic rings. The van der Waals surface area contributed by atoms with Crippen molar-refractivity contribution in [1.29, 1.82) is 5.26 Å². The first-order valence-electron chi connectivity index (χ1n) is 7.22. The minimum atomic E-state index is -0.496. The van der Waals surface area contributed by atoms with E-state index in [-0.39, 0.29) is 16.7 Å². The molecule has 1 saturated heterocycles. The number of anilines is 1. The second-order valence-electron chi connectivity index (χ2n) is 5.64. The van der Waals surface area contributed by atoms with E-state index in [1.165, 1.54) is 12.1 Å². The van der Waals surface area contributed by atoms with Crippen LogP contribution in [0.4, 0.5) is 11.4 Å². The van der Waals surface area contributed by atoms with Crippen LogP contribution in [0.5, 0.6) is 0 Å². The molecule has 0 amide bonds. The van der Waals surface area contributed by atoms with Crippen LogP contribution < -0.4 is 10.6 Å². The summed E-state index contributed by atoms with van der Waals surface area (Å²) in [7, 11) is 1.69. The highest BCUT2D eigenvalue weighted by molar-refractivity contribution is 5.61. The van der Waals surface area contributed by atoms with Gasteiger partial charge in [-0.05, 0) is 32.0 Å². The Hall–Kier alpha value is -2.17. The van der Waals surface area contributed by atoms with Gasteiger partial charge in [-0.1, -0.05) is 0 Å². The number of hydrogen-bond acceptors (Lipinski definition) is 6. The number of rotatable bonds is 6. The summed E-state index contributed by atoms with van der Waals surface area (Å²) in [5, 5.41) is 26.6. The van der Waals surface area contributed by atoms with Gasteiger partial charge in [-0.25, -0.2) is 0 Å². The van der Waals surface area contributed by atoms with Gasteiger partial charge in [0.1, 0.15) is 6.07 Å². The molecule has 0 bridgehead atoms. The van der Waals surface area contributed by atoms with Gasteiger partial charge < -0.3 is 15.4 Å². The van der Waals surface area contributed by atoms with Gasteiger partial charge in [-0.2, -0.15) is 5.26 Å². The third kappa shape index (κ3) is 3.72. The molecule has 1 aliphatic heterocycles. The SMILES string of the molecule is COCC1(CNc2ccc([N+](=O)[O-])cc2C#N)CCNCC1. The fourth-order valence-electron chi connectivity index (χ4n) is 2.81. The summed E-state index contributed by atoms with van der Waals surface area (Å²) < 4.78 is 5.36. The molecule has 118 valence electrons. The number of non-ortho nitro benzene ring substituents is 1. The molecule has 7 nitrogen and oxygen atoms in total. The zero-order valence-corrected chi connectivity index (χ0v) is 12.6. The summed E-state index contributed by atoms with van der Waals surface area (Å²) in [6.45, 7) is 3.21. The summed E-state index contributed by atoms with van der Waals surface area (Å²) in [6, 6.07) is 6.32. The Morgan fingerprint density at radius 3 is 2.82 bits per heavy atom. The molecular formula is C15H20N4O3. The summed E-state index contributed by atoms with van der Waals surface area (Å²) in [4.78, 5) is 10.3. The fraction of sp³-hybridized carbons (Fsp3) is 0.533. The zero-order chi connectivity index (χ0) is 16.0. The number of nitro benzene ring substituents is 1. The molecule has 2 rings (SSSR count). The maximum absolute atomic E-state index is 10.8. The largest absolute Gasteiger partial charge is 0.384 e. The van der Waals surface area contributed by atoms with E-state index in [0.29, 0.717) is 18.8 Å². The summed E-state index contributed by atoms with van der Waals surface area (Å²) in [5.74, 6) is 0. The van der Waals surface area contributed by atoms with E-state index < -0.39 is 4.92 Å². The average Bonchev–Trinajstić information content (AvgIpc) is 2.54. The lowest BCUT2D eigenvalue weighted by molar-refractivity contribution is -0.384. The first-order chi connectivity index (χ1) is 10.6. The van der Waals surface area contributed by atoms with Gasteiger partial charge in [0.2, 0.25) is 0 Å². The van der Waals surface area contributed by atoms with E-state index in [0.717, 1.165) is 25.9 Å². The Bertz CT molecular complexity index is 571. The van der Waals surface area contributed by atoms with Crippen LogP contribution in [0.1, 0.15) is 18.4 Å². The molecule has 0 unspecified atom stereocenters. The Balaban J connectivity index is 2.12. The van der Waals surface area contributed by atoms with E-state index in [2.05, 4.69) is 10.6 Å². The Morgan fingerprint density at radius 1 is 1.50 bits per heavy atom. The topological polar surface area (TPSA) is 100 Å². The number of nitriles is 1. The fourth-order valence-corrected chi connectivity index (χ4v) is 2.81. The van der Waals surface area contributed by atoms with Gasteiger partial charge in [-0.15, -0.1) is 0 Å². The third-order valence-electron chi connectivity index (χ3n) is 4.10. The van der Waals surface area contributed by atoms with Crippen LogP contribution in [0.15, 0.2) is 18.2 Å². The maximum atomic E-state index is 10.8. The van der Waals surface area contributed by atoms with Crippen LogP contribution in [-0.2, 0) is 4.74 Å². The number of nitro groups is 1. The predicted octanol–water partition coefficient (Wildman–Crippen LogP) is 1.89. The van der Waals surface area contributed by atoms with E-state index in [4.69, 9.17) is 4.74 Å². The van der Waals surface area contributed by atoms with Gasteiger partial charge in [0.05, 0.1) is 22.8 Å². The van der Waals surface area contributed by atoms with Gasteiger partial charge >= 0.3 is 0 Å². The quantitative estimate of drug-likeness (QED) is 0.615. The highest BCUT2D eigenvalue weighted by Crippen LogP contribution is 2.30. The Morgan fingerprint density at radius 2 is 2.23 bits per heavy atom. The molecule has 22 heavy (non-hydrogen) atoms. The lowest BCUT2D eigenvalue weighted by Gasteiger charge is -2.37. The lowest BCUT2D eigenvalue weighted by atomic mass is 9.79. The van der Waals surface area contributed by atoms with Gasteiger partial charge in [0, 0.05) is 31.2 Å². The predicted molar refractivity (Wildman–Crippen MR) is 82.7 cm³/mol. The molecule has 2 N–H and O–H groups in total. The minimum Gasteiger partial charge on any atom is -0.384 e. The molecule has 0 atom stereocenters. The van der Waals surface area contributed by atoms with E-state index in [9.17, 15) is 15.4 Å². The number of nitrogens with one attached hydrogen (secondary N) is 2. The lowest BCUT2D eigenvalue weighted by Crippen LogP contribution is -2.44. The van der Waals surface area contributed by atoms with E-state index >= 15 is 0 Å². The van der Waals surface area contributed by atoms with Crippen LogP contribution in [-0.4, -0.2) is 38.3 Å².